The van der Waals surface area contributed by atoms with Gasteiger partial charge in [0.1, 0.15) is 6.61 Å². The molecule has 8 nitrogen and oxygen atoms in total. The van der Waals surface area contributed by atoms with Crippen molar-refractivity contribution in [1.82, 2.24) is 9.78 Å². The zero-order valence-corrected chi connectivity index (χ0v) is 15.0. The molecule has 0 amide bonds. The van der Waals surface area contributed by atoms with Crippen molar-refractivity contribution in [1.29, 1.82) is 0 Å². The van der Waals surface area contributed by atoms with Crippen LogP contribution in [-0.2, 0) is 32.7 Å². The van der Waals surface area contributed by atoms with E-state index in [0.717, 1.165) is 11.8 Å². The average Bonchev–Trinajstić information content (AvgIpc) is 2.97. The molecule has 27 heavy (non-hydrogen) atoms. The maximum absolute atomic E-state index is 14.2. The number of cyclic esters (lactones) is 2. The van der Waals surface area contributed by atoms with Crippen molar-refractivity contribution < 1.29 is 28.2 Å². The van der Waals surface area contributed by atoms with Crippen molar-refractivity contribution in [2.45, 2.75) is 26.2 Å². The van der Waals surface area contributed by atoms with E-state index < -0.39 is 23.5 Å². The number of ether oxygens (including phenoxy) is 3. The molecule has 0 bridgehead atoms. The minimum absolute atomic E-state index is 0.0651. The molecular weight excluding hydrogens is 357 g/mol. The summed E-state index contributed by atoms with van der Waals surface area (Å²) in [4.78, 5) is 23.7. The Kier molecular flexibility index (Phi) is 4.85. The molecule has 0 aliphatic carbocycles. The van der Waals surface area contributed by atoms with Gasteiger partial charge in [-0.1, -0.05) is 0 Å². The molecule has 9 heteroatoms. The maximum atomic E-state index is 14.2. The van der Waals surface area contributed by atoms with Crippen LogP contribution < -0.4 is 10.1 Å². The van der Waals surface area contributed by atoms with Gasteiger partial charge in [0.05, 0.1) is 6.20 Å². The van der Waals surface area contributed by atoms with Crippen LogP contribution in [0.5, 0.6) is 5.75 Å². The number of esters is 2. The lowest BCUT2D eigenvalue weighted by Gasteiger charge is -2.29. The first-order chi connectivity index (χ1) is 12.7. The topological polar surface area (TPSA) is 91.7 Å². The van der Waals surface area contributed by atoms with Crippen molar-refractivity contribution in [3.05, 3.63) is 53.7 Å². The van der Waals surface area contributed by atoms with Crippen LogP contribution in [0.2, 0.25) is 0 Å². The van der Waals surface area contributed by atoms with Crippen LogP contribution in [0.1, 0.15) is 19.4 Å². The number of halogens is 1. The summed E-state index contributed by atoms with van der Waals surface area (Å²) < 4.78 is 31.2. The number of nitrogens with one attached hydrogen (secondary N) is 1. The molecule has 1 aromatic carbocycles. The summed E-state index contributed by atoms with van der Waals surface area (Å²) in [6.07, 6.45) is 4.51. The second-order valence-corrected chi connectivity index (χ2v) is 6.34. The molecule has 1 N–H and O–H groups in total. The highest BCUT2D eigenvalue weighted by atomic mass is 19.1. The third-order valence-corrected chi connectivity index (χ3v) is 3.58. The fourth-order valence-corrected chi connectivity index (χ4v) is 2.35. The van der Waals surface area contributed by atoms with Gasteiger partial charge >= 0.3 is 11.9 Å². The number of nitrogens with zero attached hydrogens (tertiary/aromatic N) is 2. The number of rotatable bonds is 5. The highest BCUT2D eigenvalue weighted by molar-refractivity contribution is 6.15. The monoisotopic (exact) mass is 375 g/mol. The Bertz CT molecular complexity index is 897. The second kappa shape index (κ2) is 7.10. The van der Waals surface area contributed by atoms with Gasteiger partial charge < -0.3 is 19.5 Å². The highest BCUT2D eigenvalue weighted by Crippen LogP contribution is 2.24. The lowest BCUT2D eigenvalue weighted by Crippen LogP contribution is -2.42. The number of hydrogen-bond donors (Lipinski definition) is 1. The Labute approximate surface area is 154 Å². The van der Waals surface area contributed by atoms with Crippen molar-refractivity contribution in [2.24, 2.45) is 7.05 Å². The van der Waals surface area contributed by atoms with E-state index in [-0.39, 0.29) is 17.9 Å². The largest absolute Gasteiger partial charge is 0.486 e. The lowest BCUT2D eigenvalue weighted by molar-refractivity contribution is -0.222. The Hall–Kier alpha value is -3.36. The SMILES string of the molecule is Cn1cc(COc2ccc(NC=C3C(=O)OC(C)(C)OC3=O)cc2F)cn1. The summed E-state index contributed by atoms with van der Waals surface area (Å²) in [6, 6.07) is 4.16. The minimum Gasteiger partial charge on any atom is -0.486 e. The first-order valence-electron chi connectivity index (χ1n) is 8.07. The predicted molar refractivity (Wildman–Crippen MR) is 91.9 cm³/mol. The fourth-order valence-electron chi connectivity index (χ4n) is 2.35. The number of hydrogen-bond acceptors (Lipinski definition) is 7. The second-order valence-electron chi connectivity index (χ2n) is 6.34. The van der Waals surface area contributed by atoms with Gasteiger partial charge in [-0.05, 0) is 12.1 Å². The fraction of sp³-hybridized carbons (Fsp3) is 0.278. The molecule has 1 aromatic heterocycles. The molecule has 142 valence electrons. The van der Waals surface area contributed by atoms with Crippen LogP contribution in [0.15, 0.2) is 42.4 Å². The molecule has 2 aromatic rings. The molecule has 0 spiro atoms. The van der Waals surface area contributed by atoms with E-state index in [1.54, 1.807) is 30.2 Å². The van der Waals surface area contributed by atoms with Crippen LogP contribution in [0.25, 0.3) is 0 Å². The van der Waals surface area contributed by atoms with Gasteiger partial charge in [-0.2, -0.15) is 5.10 Å². The molecule has 1 aliphatic rings. The van der Waals surface area contributed by atoms with Gasteiger partial charge in [0.25, 0.3) is 5.79 Å². The first-order valence-corrected chi connectivity index (χ1v) is 8.07. The third-order valence-electron chi connectivity index (χ3n) is 3.58. The predicted octanol–water partition coefficient (Wildman–Crippen LogP) is 2.27. The van der Waals surface area contributed by atoms with Crippen molar-refractivity contribution >= 4 is 17.6 Å². The van der Waals surface area contributed by atoms with Crippen molar-refractivity contribution in [2.75, 3.05) is 5.32 Å². The summed E-state index contributed by atoms with van der Waals surface area (Å²) in [5.74, 6) is -3.49. The average molecular weight is 375 g/mol. The van der Waals surface area contributed by atoms with Crippen LogP contribution in [-0.4, -0.2) is 27.5 Å². The van der Waals surface area contributed by atoms with Crippen LogP contribution in [0, 0.1) is 5.82 Å². The molecule has 1 aliphatic heterocycles. The molecule has 0 saturated carbocycles. The van der Waals surface area contributed by atoms with Gasteiger partial charge in [-0.15, -0.1) is 0 Å². The standard InChI is InChI=1S/C18H18FN3O5/c1-18(2)26-16(23)13(17(24)27-18)8-20-12-4-5-15(14(19)6-12)25-10-11-7-21-22(3)9-11/h4-9,20H,10H2,1-3H3. The molecule has 2 heterocycles. The smallest absolute Gasteiger partial charge is 0.350 e. The third kappa shape index (κ3) is 4.43. The Morgan fingerprint density at radius 1 is 1.30 bits per heavy atom. The van der Waals surface area contributed by atoms with E-state index in [4.69, 9.17) is 14.2 Å². The molecule has 1 saturated heterocycles. The van der Waals surface area contributed by atoms with Gasteiger partial charge in [0, 0.05) is 50.6 Å². The zero-order chi connectivity index (χ0) is 19.6. The van der Waals surface area contributed by atoms with E-state index in [0.29, 0.717) is 5.69 Å². The van der Waals surface area contributed by atoms with Crippen LogP contribution >= 0.6 is 0 Å². The summed E-state index contributed by atoms with van der Waals surface area (Å²) in [7, 11) is 1.78. The Morgan fingerprint density at radius 3 is 2.59 bits per heavy atom. The molecule has 0 unspecified atom stereocenters. The van der Waals surface area contributed by atoms with Crippen LogP contribution in [0.4, 0.5) is 10.1 Å². The summed E-state index contributed by atoms with van der Waals surface area (Å²) in [5.41, 5.74) is 0.812. The molecular formula is C18H18FN3O5. The molecule has 0 atom stereocenters. The number of carbonyl (C=O) groups excluding carboxylic acids is 2. The summed E-state index contributed by atoms with van der Waals surface area (Å²) >= 11 is 0. The van der Waals surface area contributed by atoms with E-state index in [9.17, 15) is 14.0 Å². The number of aryl methyl sites for hydroxylation is 1. The number of aromatic nitrogens is 2. The highest BCUT2D eigenvalue weighted by Gasteiger charge is 2.38. The molecule has 0 radical (unpaired) electrons. The number of carbonyl (C=O) groups is 2. The van der Waals surface area contributed by atoms with Crippen molar-refractivity contribution in [3.63, 3.8) is 0 Å². The maximum Gasteiger partial charge on any atom is 0.350 e. The lowest BCUT2D eigenvalue weighted by atomic mass is 10.2. The van der Waals surface area contributed by atoms with Gasteiger partial charge in [-0.3, -0.25) is 4.68 Å². The van der Waals surface area contributed by atoms with Gasteiger partial charge in [0.15, 0.2) is 17.1 Å². The quantitative estimate of drug-likeness (QED) is 0.487. The Morgan fingerprint density at radius 2 is 2.00 bits per heavy atom. The van der Waals surface area contributed by atoms with Crippen molar-refractivity contribution in [3.8, 4) is 5.75 Å². The first kappa shape index (κ1) is 18.4. The number of anilines is 1. The van der Waals surface area contributed by atoms with Gasteiger partial charge in [0.2, 0.25) is 0 Å². The zero-order valence-electron chi connectivity index (χ0n) is 15.0. The molecule has 3 rings (SSSR count). The van der Waals surface area contributed by atoms with E-state index in [2.05, 4.69) is 10.4 Å². The van der Waals surface area contributed by atoms with Crippen LogP contribution in [0.3, 0.4) is 0 Å². The summed E-state index contributed by atoms with van der Waals surface area (Å²) in [6.45, 7) is 3.08. The molecule has 1 fully saturated rings. The van der Waals surface area contributed by atoms with E-state index in [1.807, 2.05) is 0 Å². The normalized spacial score (nSPS) is 15.8. The minimum atomic E-state index is -1.31. The summed E-state index contributed by atoms with van der Waals surface area (Å²) in [5, 5.41) is 6.68. The number of benzene rings is 1. The van der Waals surface area contributed by atoms with E-state index in [1.165, 1.54) is 26.0 Å². The Balaban J connectivity index is 1.65. The van der Waals surface area contributed by atoms with Gasteiger partial charge in [-0.25, -0.2) is 14.0 Å². The van der Waals surface area contributed by atoms with E-state index >= 15 is 0 Å².